The summed E-state index contributed by atoms with van der Waals surface area (Å²) in [7, 11) is 3.34. The smallest absolute Gasteiger partial charge is 0.306 e. The van der Waals surface area contributed by atoms with E-state index in [4.69, 9.17) is 9.47 Å². The molecule has 1 fully saturated rings. The second-order valence-electron chi connectivity index (χ2n) is 6.98. The zero-order chi connectivity index (χ0) is 19.4. The number of carboxylic acids is 1. The maximum Gasteiger partial charge on any atom is 0.306 e. The number of piperidine rings is 1. The molecule has 27 heavy (non-hydrogen) atoms. The van der Waals surface area contributed by atoms with Gasteiger partial charge in [-0.2, -0.15) is 0 Å². The molecule has 2 aromatic carbocycles. The highest BCUT2D eigenvalue weighted by molar-refractivity contribution is 5.70. The van der Waals surface area contributed by atoms with Crippen molar-refractivity contribution in [1.82, 2.24) is 4.90 Å². The van der Waals surface area contributed by atoms with E-state index in [0.717, 1.165) is 30.2 Å². The Morgan fingerprint density at radius 3 is 2.15 bits per heavy atom. The summed E-state index contributed by atoms with van der Waals surface area (Å²) < 4.78 is 11.4. The van der Waals surface area contributed by atoms with Gasteiger partial charge in [0.1, 0.15) is 11.5 Å². The summed E-state index contributed by atoms with van der Waals surface area (Å²) >= 11 is 0. The molecule has 1 unspecified atom stereocenters. The zero-order valence-corrected chi connectivity index (χ0v) is 16.1. The number of ether oxygens (including phenoxy) is 2. The van der Waals surface area contributed by atoms with Crippen molar-refractivity contribution in [3.8, 4) is 11.5 Å². The zero-order valence-electron chi connectivity index (χ0n) is 16.1. The summed E-state index contributed by atoms with van der Waals surface area (Å²) in [6.45, 7) is 3.54. The van der Waals surface area contributed by atoms with E-state index in [1.54, 1.807) is 14.2 Å². The number of hydrogen-bond donors (Lipinski definition) is 1. The highest BCUT2D eigenvalue weighted by Crippen LogP contribution is 2.43. The van der Waals surface area contributed by atoms with Crippen molar-refractivity contribution in [1.29, 1.82) is 0 Å². The monoisotopic (exact) mass is 369 g/mol. The molecule has 0 aromatic heterocycles. The highest BCUT2D eigenvalue weighted by Gasteiger charge is 2.33. The molecule has 2 aromatic rings. The first-order valence-corrected chi connectivity index (χ1v) is 9.30. The lowest BCUT2D eigenvalue weighted by Gasteiger charge is -2.38. The molecule has 0 amide bonds. The summed E-state index contributed by atoms with van der Waals surface area (Å²) in [5, 5.41) is 9.35. The normalized spacial score (nSPS) is 16.7. The average Bonchev–Trinajstić information content (AvgIpc) is 2.70. The van der Waals surface area contributed by atoms with Crippen LogP contribution in [0.25, 0.3) is 0 Å². The molecule has 144 valence electrons. The molecule has 0 spiro atoms. The van der Waals surface area contributed by atoms with E-state index >= 15 is 0 Å². The average molecular weight is 369 g/mol. The van der Waals surface area contributed by atoms with Crippen LogP contribution >= 0.6 is 0 Å². The first kappa shape index (κ1) is 19.2. The number of hydrogen-bond acceptors (Lipinski definition) is 4. The van der Waals surface area contributed by atoms with Gasteiger partial charge < -0.3 is 14.6 Å². The van der Waals surface area contributed by atoms with Crippen LogP contribution < -0.4 is 9.47 Å². The molecule has 1 saturated heterocycles. The number of likely N-dealkylation sites (tertiary alicyclic amines) is 1. The molecule has 0 aliphatic carbocycles. The van der Waals surface area contributed by atoms with Crippen molar-refractivity contribution in [2.45, 2.75) is 25.8 Å². The molecule has 1 atom stereocenters. The molecule has 3 rings (SSSR count). The highest BCUT2D eigenvalue weighted by atomic mass is 16.5. The minimum Gasteiger partial charge on any atom is -0.496 e. The number of rotatable bonds is 6. The van der Waals surface area contributed by atoms with Gasteiger partial charge >= 0.3 is 5.97 Å². The van der Waals surface area contributed by atoms with Crippen molar-refractivity contribution < 1.29 is 19.4 Å². The van der Waals surface area contributed by atoms with E-state index in [1.807, 2.05) is 30.3 Å². The van der Waals surface area contributed by atoms with E-state index < -0.39 is 5.97 Å². The second-order valence-corrected chi connectivity index (χ2v) is 6.98. The molecule has 0 bridgehead atoms. The molecule has 5 nitrogen and oxygen atoms in total. The summed E-state index contributed by atoms with van der Waals surface area (Å²) in [6, 6.07) is 14.1. The third-order valence-electron chi connectivity index (χ3n) is 5.47. The van der Waals surface area contributed by atoms with Crippen molar-refractivity contribution in [3.63, 3.8) is 0 Å². The van der Waals surface area contributed by atoms with Crippen LogP contribution in [0.2, 0.25) is 0 Å². The number of carbonyl (C=O) groups is 1. The van der Waals surface area contributed by atoms with Crippen LogP contribution in [-0.4, -0.2) is 43.3 Å². The maximum absolute atomic E-state index is 11.4. The molecule has 0 saturated carbocycles. The fourth-order valence-corrected chi connectivity index (χ4v) is 3.98. The van der Waals surface area contributed by atoms with Crippen LogP contribution in [0, 0.1) is 12.8 Å². The largest absolute Gasteiger partial charge is 0.496 e. The SMILES string of the molecule is COc1cccc(OC)c1C(c1ccccc1C)N1CCC(C(=O)O)CC1. The molecule has 1 heterocycles. The summed E-state index contributed by atoms with van der Waals surface area (Å²) in [4.78, 5) is 13.7. The van der Waals surface area contributed by atoms with Crippen LogP contribution in [-0.2, 0) is 4.79 Å². The molecule has 5 heteroatoms. The number of aliphatic carboxylic acids is 1. The topological polar surface area (TPSA) is 59.0 Å². The van der Waals surface area contributed by atoms with E-state index in [2.05, 4.69) is 24.0 Å². The Labute approximate surface area is 160 Å². The van der Waals surface area contributed by atoms with E-state index in [0.29, 0.717) is 12.8 Å². The van der Waals surface area contributed by atoms with E-state index in [-0.39, 0.29) is 12.0 Å². The first-order valence-electron chi connectivity index (χ1n) is 9.30. The molecule has 1 N–H and O–H groups in total. The molecule has 1 aliphatic rings. The van der Waals surface area contributed by atoms with Gasteiger partial charge in [0.15, 0.2) is 0 Å². The lowest BCUT2D eigenvalue weighted by Crippen LogP contribution is -2.39. The van der Waals surface area contributed by atoms with Crippen LogP contribution in [0.15, 0.2) is 42.5 Å². The standard InChI is InChI=1S/C22H27NO4/c1-15-7-4-5-8-17(15)21(23-13-11-16(12-14-23)22(24)25)20-18(26-2)9-6-10-19(20)27-3/h4-10,16,21H,11-14H2,1-3H3,(H,24,25). The van der Waals surface area contributed by atoms with Crippen LogP contribution in [0.1, 0.15) is 35.6 Å². The van der Waals surface area contributed by atoms with Crippen molar-refractivity contribution >= 4 is 5.97 Å². The van der Waals surface area contributed by atoms with Gasteiger partial charge in [0.25, 0.3) is 0 Å². The van der Waals surface area contributed by atoms with Gasteiger partial charge in [-0.3, -0.25) is 9.69 Å². The number of benzene rings is 2. The minimum atomic E-state index is -0.697. The summed E-state index contributed by atoms with van der Waals surface area (Å²) in [6.07, 6.45) is 1.30. The van der Waals surface area contributed by atoms with Crippen LogP contribution in [0.3, 0.4) is 0 Å². The quantitative estimate of drug-likeness (QED) is 0.837. The predicted octanol–water partition coefficient (Wildman–Crippen LogP) is 3.90. The molecular weight excluding hydrogens is 342 g/mol. The van der Waals surface area contributed by atoms with Crippen LogP contribution in [0.4, 0.5) is 0 Å². The Kier molecular flexibility index (Phi) is 6.01. The third kappa shape index (κ3) is 3.93. The van der Waals surface area contributed by atoms with Crippen LogP contribution in [0.5, 0.6) is 11.5 Å². The lowest BCUT2D eigenvalue weighted by atomic mass is 9.88. The Balaban J connectivity index is 2.08. The van der Waals surface area contributed by atoms with Crippen molar-refractivity contribution in [2.75, 3.05) is 27.3 Å². The Bertz CT molecular complexity index is 774. The maximum atomic E-state index is 11.4. The molecular formula is C22H27NO4. The second kappa shape index (κ2) is 8.44. The van der Waals surface area contributed by atoms with Gasteiger partial charge in [0.05, 0.1) is 31.7 Å². The number of nitrogens with zero attached hydrogens (tertiary/aromatic N) is 1. The minimum absolute atomic E-state index is 0.0490. The van der Waals surface area contributed by atoms with Crippen molar-refractivity contribution in [2.24, 2.45) is 5.92 Å². The summed E-state index contributed by atoms with van der Waals surface area (Å²) in [5.74, 6) is 0.598. The Morgan fingerprint density at radius 1 is 1.04 bits per heavy atom. The number of aryl methyl sites for hydroxylation is 1. The van der Waals surface area contributed by atoms with Gasteiger partial charge in [-0.05, 0) is 56.1 Å². The van der Waals surface area contributed by atoms with E-state index in [1.165, 1.54) is 11.1 Å². The number of carboxylic acid groups (broad SMARTS) is 1. The van der Waals surface area contributed by atoms with Gasteiger partial charge in [-0.1, -0.05) is 30.3 Å². The van der Waals surface area contributed by atoms with Gasteiger partial charge in [-0.15, -0.1) is 0 Å². The predicted molar refractivity (Wildman–Crippen MR) is 105 cm³/mol. The number of methoxy groups -OCH3 is 2. The van der Waals surface area contributed by atoms with Gasteiger partial charge in [-0.25, -0.2) is 0 Å². The molecule has 1 aliphatic heterocycles. The molecule has 0 radical (unpaired) electrons. The fourth-order valence-electron chi connectivity index (χ4n) is 3.98. The lowest BCUT2D eigenvalue weighted by molar-refractivity contribution is -0.143. The Hall–Kier alpha value is -2.53. The van der Waals surface area contributed by atoms with Crippen molar-refractivity contribution in [3.05, 3.63) is 59.2 Å². The van der Waals surface area contributed by atoms with E-state index in [9.17, 15) is 9.90 Å². The third-order valence-corrected chi connectivity index (χ3v) is 5.47. The fraction of sp³-hybridized carbons (Fsp3) is 0.409. The van der Waals surface area contributed by atoms with Gasteiger partial charge in [0, 0.05) is 0 Å². The summed E-state index contributed by atoms with van der Waals surface area (Å²) in [5.41, 5.74) is 3.37. The Morgan fingerprint density at radius 2 is 1.63 bits per heavy atom. The van der Waals surface area contributed by atoms with Gasteiger partial charge in [0.2, 0.25) is 0 Å². The first-order chi connectivity index (χ1) is 13.1.